The molecule has 2 amide bonds. The van der Waals surface area contributed by atoms with E-state index < -0.39 is 6.09 Å². The second kappa shape index (κ2) is 8.54. The van der Waals surface area contributed by atoms with Crippen molar-refractivity contribution in [3.63, 3.8) is 0 Å². The van der Waals surface area contributed by atoms with E-state index in [-0.39, 0.29) is 6.09 Å². The Balaban J connectivity index is 0.000000191. The molecule has 2 saturated heterocycles. The molecule has 2 fully saturated rings. The summed E-state index contributed by atoms with van der Waals surface area (Å²) in [6, 6.07) is 0. The fourth-order valence-corrected chi connectivity index (χ4v) is 1.83. The second-order valence-electron chi connectivity index (χ2n) is 4.23. The van der Waals surface area contributed by atoms with E-state index in [1.165, 1.54) is 12.0 Å². The zero-order valence-corrected chi connectivity index (χ0v) is 11.2. The first-order valence-electron chi connectivity index (χ1n) is 6.37. The van der Waals surface area contributed by atoms with Crippen LogP contribution in [0.1, 0.15) is 0 Å². The first-order valence-corrected chi connectivity index (χ1v) is 6.37. The number of ether oxygens (including phenoxy) is 1. The van der Waals surface area contributed by atoms with Gasteiger partial charge in [-0.2, -0.15) is 0 Å². The van der Waals surface area contributed by atoms with Crippen molar-refractivity contribution in [3.05, 3.63) is 0 Å². The number of carboxylic acid groups (broad SMARTS) is 1. The lowest BCUT2D eigenvalue weighted by Gasteiger charge is -2.25. The van der Waals surface area contributed by atoms with E-state index in [0.717, 1.165) is 39.3 Å². The normalized spacial score (nSPS) is 19.2. The van der Waals surface area contributed by atoms with Crippen molar-refractivity contribution in [2.75, 3.05) is 59.5 Å². The molecule has 3 N–H and O–H groups in total. The molecule has 0 bridgehead atoms. The molecule has 0 atom stereocenters. The zero-order valence-electron chi connectivity index (χ0n) is 11.2. The highest BCUT2D eigenvalue weighted by Gasteiger charge is 2.15. The number of nitrogens with one attached hydrogen (secondary N) is 2. The molecule has 2 aliphatic heterocycles. The standard InChI is InChI=1S/C6H12N2O2.C5H10N2O2/c1-10-6(9)8-4-2-7-3-5-8;8-5(9)7-3-1-6-2-4-7/h7H,2-5H2,1H3;6H,1-4H2,(H,8,9). The Morgan fingerprint density at radius 3 is 1.68 bits per heavy atom. The smallest absolute Gasteiger partial charge is 0.409 e. The number of amides is 2. The molecule has 2 heterocycles. The van der Waals surface area contributed by atoms with Crippen LogP contribution in [0, 0.1) is 0 Å². The number of piperazine rings is 2. The topological polar surface area (TPSA) is 94.1 Å². The predicted molar refractivity (Wildman–Crippen MR) is 69.3 cm³/mol. The molecule has 0 aromatic rings. The molecule has 0 aliphatic carbocycles. The van der Waals surface area contributed by atoms with E-state index >= 15 is 0 Å². The molecule has 110 valence electrons. The highest BCUT2D eigenvalue weighted by Crippen LogP contribution is 1.94. The maximum atomic E-state index is 10.8. The van der Waals surface area contributed by atoms with E-state index in [9.17, 15) is 9.59 Å². The van der Waals surface area contributed by atoms with Crippen molar-refractivity contribution in [2.45, 2.75) is 0 Å². The van der Waals surface area contributed by atoms with Gasteiger partial charge in [-0.05, 0) is 0 Å². The summed E-state index contributed by atoms with van der Waals surface area (Å²) in [5.74, 6) is 0. The first-order chi connectivity index (χ1) is 9.15. The maximum Gasteiger partial charge on any atom is 0.409 e. The molecule has 0 radical (unpaired) electrons. The summed E-state index contributed by atoms with van der Waals surface area (Å²) < 4.78 is 4.55. The number of hydrogen-bond donors (Lipinski definition) is 3. The molecule has 0 saturated carbocycles. The van der Waals surface area contributed by atoms with Gasteiger partial charge in [-0.15, -0.1) is 0 Å². The minimum absolute atomic E-state index is 0.221. The SMILES string of the molecule is COC(=O)N1CCNCC1.O=C(O)N1CCNCC1. The van der Waals surface area contributed by atoms with E-state index in [0.29, 0.717) is 13.1 Å². The summed E-state index contributed by atoms with van der Waals surface area (Å²) in [5, 5.41) is 14.6. The van der Waals surface area contributed by atoms with Crippen molar-refractivity contribution < 1.29 is 19.4 Å². The number of rotatable bonds is 0. The van der Waals surface area contributed by atoms with Gasteiger partial charge in [-0.3, -0.25) is 0 Å². The van der Waals surface area contributed by atoms with Crippen LogP contribution in [-0.4, -0.2) is 86.6 Å². The van der Waals surface area contributed by atoms with E-state index in [1.807, 2.05) is 0 Å². The van der Waals surface area contributed by atoms with Gasteiger partial charge in [-0.25, -0.2) is 9.59 Å². The minimum Gasteiger partial charge on any atom is -0.465 e. The molecule has 8 nitrogen and oxygen atoms in total. The molecular formula is C11H22N4O4. The summed E-state index contributed by atoms with van der Waals surface area (Å²) in [6.45, 7) is 6.06. The Kier molecular flexibility index (Phi) is 6.98. The van der Waals surface area contributed by atoms with Crippen molar-refractivity contribution >= 4 is 12.2 Å². The molecule has 0 aromatic carbocycles. The summed E-state index contributed by atoms with van der Waals surface area (Å²) in [7, 11) is 1.41. The first kappa shape index (κ1) is 15.5. The van der Waals surface area contributed by atoms with Crippen LogP contribution in [0.2, 0.25) is 0 Å². The van der Waals surface area contributed by atoms with Crippen molar-refractivity contribution in [1.29, 1.82) is 0 Å². The van der Waals surface area contributed by atoms with Gasteiger partial charge in [0.15, 0.2) is 0 Å². The summed E-state index contributed by atoms with van der Waals surface area (Å²) >= 11 is 0. The average molecular weight is 274 g/mol. The molecule has 2 aliphatic rings. The van der Waals surface area contributed by atoms with E-state index in [1.54, 1.807) is 4.90 Å². The van der Waals surface area contributed by atoms with Gasteiger partial charge in [0, 0.05) is 52.4 Å². The monoisotopic (exact) mass is 274 g/mol. The molecule has 8 heteroatoms. The van der Waals surface area contributed by atoms with Crippen LogP contribution in [0.3, 0.4) is 0 Å². The van der Waals surface area contributed by atoms with Crippen LogP contribution in [0.5, 0.6) is 0 Å². The summed E-state index contributed by atoms with van der Waals surface area (Å²) in [4.78, 5) is 24.2. The lowest BCUT2D eigenvalue weighted by atomic mass is 10.4. The molecule has 19 heavy (non-hydrogen) atoms. The Bertz CT molecular complexity index is 288. The van der Waals surface area contributed by atoms with Gasteiger partial charge in [-0.1, -0.05) is 0 Å². The number of hydrogen-bond acceptors (Lipinski definition) is 5. The van der Waals surface area contributed by atoms with Gasteiger partial charge in [0.25, 0.3) is 0 Å². The van der Waals surface area contributed by atoms with Crippen LogP contribution >= 0.6 is 0 Å². The Morgan fingerprint density at radius 1 is 0.947 bits per heavy atom. The molecule has 0 spiro atoms. The molecule has 2 rings (SSSR count). The van der Waals surface area contributed by atoms with Crippen molar-refractivity contribution in [1.82, 2.24) is 20.4 Å². The molecule has 0 aromatic heterocycles. The van der Waals surface area contributed by atoms with Crippen molar-refractivity contribution in [3.8, 4) is 0 Å². The molecular weight excluding hydrogens is 252 g/mol. The van der Waals surface area contributed by atoms with Gasteiger partial charge >= 0.3 is 12.2 Å². The van der Waals surface area contributed by atoms with E-state index in [2.05, 4.69) is 15.4 Å². The average Bonchev–Trinajstić information content (AvgIpc) is 2.49. The van der Waals surface area contributed by atoms with Crippen LogP contribution in [0.25, 0.3) is 0 Å². The lowest BCUT2D eigenvalue weighted by molar-refractivity contribution is 0.118. The zero-order chi connectivity index (χ0) is 14.1. The molecule has 0 unspecified atom stereocenters. The van der Waals surface area contributed by atoms with E-state index in [4.69, 9.17) is 5.11 Å². The second-order valence-corrected chi connectivity index (χ2v) is 4.23. The third-order valence-corrected chi connectivity index (χ3v) is 2.94. The fraction of sp³-hybridized carbons (Fsp3) is 0.818. The largest absolute Gasteiger partial charge is 0.465 e. The van der Waals surface area contributed by atoms with Crippen molar-refractivity contribution in [2.24, 2.45) is 0 Å². The quantitative estimate of drug-likeness (QED) is 0.537. The third-order valence-electron chi connectivity index (χ3n) is 2.94. The van der Waals surface area contributed by atoms with Gasteiger partial charge in [0.1, 0.15) is 0 Å². The number of nitrogens with zero attached hydrogens (tertiary/aromatic N) is 2. The highest BCUT2D eigenvalue weighted by atomic mass is 16.5. The lowest BCUT2D eigenvalue weighted by Crippen LogP contribution is -2.46. The summed E-state index contributed by atoms with van der Waals surface area (Å²) in [6.07, 6.45) is -1.03. The van der Waals surface area contributed by atoms with Gasteiger partial charge in [0.2, 0.25) is 0 Å². The maximum absolute atomic E-state index is 10.8. The Morgan fingerprint density at radius 2 is 1.37 bits per heavy atom. The number of carbonyl (C=O) groups excluding carboxylic acids is 1. The third kappa shape index (κ3) is 5.75. The van der Waals surface area contributed by atoms with Gasteiger partial charge in [0.05, 0.1) is 7.11 Å². The minimum atomic E-state index is -0.809. The van der Waals surface area contributed by atoms with Gasteiger partial charge < -0.3 is 30.3 Å². The Hall–Kier alpha value is -1.54. The Labute approximate surface area is 112 Å². The number of methoxy groups -OCH3 is 1. The van der Waals surface area contributed by atoms with Crippen LogP contribution < -0.4 is 10.6 Å². The fourth-order valence-electron chi connectivity index (χ4n) is 1.83. The highest BCUT2D eigenvalue weighted by molar-refractivity contribution is 5.67. The predicted octanol–water partition coefficient (Wildman–Crippen LogP) is -0.772. The number of carbonyl (C=O) groups is 2. The summed E-state index contributed by atoms with van der Waals surface area (Å²) in [5.41, 5.74) is 0. The van der Waals surface area contributed by atoms with Crippen LogP contribution in [-0.2, 0) is 4.74 Å². The van der Waals surface area contributed by atoms with Crippen LogP contribution in [0.4, 0.5) is 9.59 Å². The van der Waals surface area contributed by atoms with Crippen LogP contribution in [0.15, 0.2) is 0 Å².